The zero-order valence-electron chi connectivity index (χ0n) is 13.2. The molecule has 1 amide bonds. The molecule has 0 aromatic heterocycles. The zero-order chi connectivity index (χ0) is 17.9. The number of anilines is 1. The molecule has 2 rings (SSSR count). The van der Waals surface area contributed by atoms with E-state index in [2.05, 4.69) is 15.9 Å². The highest BCUT2D eigenvalue weighted by Crippen LogP contribution is 2.32. The minimum absolute atomic E-state index is 0.000462. The third-order valence-corrected chi connectivity index (χ3v) is 5.64. The molecule has 0 aliphatic rings. The second-order valence-electron chi connectivity index (χ2n) is 4.88. The lowest BCUT2D eigenvalue weighted by Gasteiger charge is -2.23. The maximum absolute atomic E-state index is 13.0. The smallest absolute Gasteiger partial charge is 0.267 e. The van der Waals surface area contributed by atoms with Crippen molar-refractivity contribution in [2.24, 2.45) is 5.73 Å². The number of carbonyl (C=O) groups is 1. The molecule has 0 radical (unpaired) electrons. The summed E-state index contributed by atoms with van der Waals surface area (Å²) in [6.07, 6.45) is 0. The quantitative estimate of drug-likeness (QED) is 0.789. The number of ether oxygens (including phenoxy) is 1. The predicted octanol–water partition coefficient (Wildman–Crippen LogP) is 2.77. The minimum atomic E-state index is -3.95. The van der Waals surface area contributed by atoms with Gasteiger partial charge in [0.15, 0.2) is 0 Å². The van der Waals surface area contributed by atoms with E-state index in [1.807, 2.05) is 0 Å². The van der Waals surface area contributed by atoms with Gasteiger partial charge in [-0.1, -0.05) is 28.1 Å². The molecular weight excluding hydrogens is 396 g/mol. The van der Waals surface area contributed by atoms with Gasteiger partial charge in [-0.2, -0.15) is 0 Å². The average molecular weight is 413 g/mol. The van der Waals surface area contributed by atoms with Gasteiger partial charge in [-0.3, -0.25) is 9.10 Å². The Hall–Kier alpha value is -2.06. The minimum Gasteiger partial charge on any atom is -0.492 e. The van der Waals surface area contributed by atoms with Gasteiger partial charge in [-0.05, 0) is 37.3 Å². The van der Waals surface area contributed by atoms with Crippen LogP contribution in [0.4, 0.5) is 5.69 Å². The van der Waals surface area contributed by atoms with Crippen molar-refractivity contribution in [1.82, 2.24) is 0 Å². The largest absolute Gasteiger partial charge is 0.492 e. The summed E-state index contributed by atoms with van der Waals surface area (Å²) in [5.41, 5.74) is 5.67. The van der Waals surface area contributed by atoms with Gasteiger partial charge in [-0.25, -0.2) is 8.42 Å². The van der Waals surface area contributed by atoms with E-state index in [0.717, 1.165) is 4.31 Å². The second kappa shape index (κ2) is 7.23. The Bertz CT molecular complexity index is 868. The number of nitrogens with zero attached hydrogens (tertiary/aromatic N) is 1. The first-order valence-corrected chi connectivity index (χ1v) is 9.32. The maximum atomic E-state index is 13.0. The van der Waals surface area contributed by atoms with Crippen molar-refractivity contribution in [3.05, 3.63) is 52.5 Å². The highest BCUT2D eigenvalue weighted by molar-refractivity contribution is 9.10. The molecular formula is C16H17BrN2O4S. The van der Waals surface area contributed by atoms with E-state index in [-0.39, 0.29) is 21.9 Å². The molecule has 0 saturated heterocycles. The molecule has 6 nitrogen and oxygen atoms in total. The van der Waals surface area contributed by atoms with Crippen LogP contribution >= 0.6 is 15.9 Å². The highest BCUT2D eigenvalue weighted by atomic mass is 79.9. The number of halogens is 1. The summed E-state index contributed by atoms with van der Waals surface area (Å²) < 4.78 is 33.1. The summed E-state index contributed by atoms with van der Waals surface area (Å²) in [5, 5.41) is 0. The van der Waals surface area contributed by atoms with Gasteiger partial charge in [0.05, 0.1) is 17.9 Å². The zero-order valence-corrected chi connectivity index (χ0v) is 15.6. The van der Waals surface area contributed by atoms with Crippen LogP contribution < -0.4 is 14.8 Å². The Labute approximate surface area is 149 Å². The summed E-state index contributed by atoms with van der Waals surface area (Å²) in [6, 6.07) is 11.0. The van der Waals surface area contributed by atoms with Crippen LogP contribution in [-0.4, -0.2) is 28.0 Å². The number of hydrogen-bond acceptors (Lipinski definition) is 4. The molecule has 0 unspecified atom stereocenters. The first kappa shape index (κ1) is 18.3. The van der Waals surface area contributed by atoms with Gasteiger partial charge in [0.1, 0.15) is 10.6 Å². The molecule has 0 fully saturated rings. The number of amides is 1. The monoisotopic (exact) mass is 412 g/mol. The van der Waals surface area contributed by atoms with Gasteiger partial charge >= 0.3 is 0 Å². The van der Waals surface area contributed by atoms with Crippen LogP contribution in [0.3, 0.4) is 0 Å². The number of hydrogen-bond donors (Lipinski definition) is 1. The number of rotatable bonds is 6. The normalized spacial score (nSPS) is 11.1. The molecule has 8 heteroatoms. The van der Waals surface area contributed by atoms with E-state index in [1.54, 1.807) is 31.2 Å². The Balaban J connectivity index is 2.60. The summed E-state index contributed by atoms with van der Waals surface area (Å²) >= 11 is 3.27. The first-order valence-electron chi connectivity index (χ1n) is 7.09. The van der Waals surface area contributed by atoms with Crippen molar-refractivity contribution in [2.75, 3.05) is 18.0 Å². The summed E-state index contributed by atoms with van der Waals surface area (Å²) in [7, 11) is -2.58. The molecule has 0 heterocycles. The van der Waals surface area contributed by atoms with E-state index < -0.39 is 15.9 Å². The standard InChI is InChI=1S/C16H17BrN2O4S/c1-3-23-14-9-8-11(17)10-15(14)24(21,22)19(2)13-7-5-4-6-12(13)16(18)20/h4-10H,3H2,1-2H3,(H2,18,20). The number of para-hydroxylation sites is 1. The van der Waals surface area contributed by atoms with Gasteiger partial charge in [0.25, 0.3) is 15.9 Å². The maximum Gasteiger partial charge on any atom is 0.267 e. The fourth-order valence-electron chi connectivity index (χ4n) is 2.19. The molecule has 2 N–H and O–H groups in total. The Morgan fingerprint density at radius 2 is 1.92 bits per heavy atom. The number of sulfonamides is 1. The van der Waals surface area contributed by atoms with Crippen LogP contribution in [-0.2, 0) is 10.0 Å². The van der Waals surface area contributed by atoms with Gasteiger partial charge in [-0.15, -0.1) is 0 Å². The number of nitrogens with two attached hydrogens (primary N) is 1. The van der Waals surface area contributed by atoms with Crippen molar-refractivity contribution in [2.45, 2.75) is 11.8 Å². The van der Waals surface area contributed by atoms with E-state index in [4.69, 9.17) is 10.5 Å². The summed E-state index contributed by atoms with van der Waals surface area (Å²) in [5.74, 6) is -0.462. The van der Waals surface area contributed by atoms with Crippen molar-refractivity contribution < 1.29 is 17.9 Å². The molecule has 0 saturated carbocycles. The second-order valence-corrected chi connectivity index (χ2v) is 7.73. The Morgan fingerprint density at radius 3 is 2.54 bits per heavy atom. The third kappa shape index (κ3) is 3.54. The lowest BCUT2D eigenvalue weighted by Crippen LogP contribution is -2.29. The van der Waals surface area contributed by atoms with Crippen LogP contribution in [0, 0.1) is 0 Å². The number of carbonyl (C=O) groups excluding carboxylic acids is 1. The van der Waals surface area contributed by atoms with Crippen LogP contribution in [0.25, 0.3) is 0 Å². The van der Waals surface area contributed by atoms with Crippen LogP contribution in [0.2, 0.25) is 0 Å². The molecule has 2 aromatic carbocycles. The van der Waals surface area contributed by atoms with Gasteiger partial charge < -0.3 is 10.5 Å². The molecule has 0 aliphatic carbocycles. The van der Waals surface area contributed by atoms with E-state index in [1.165, 1.54) is 25.2 Å². The average Bonchev–Trinajstić information content (AvgIpc) is 2.55. The number of primary amides is 1. The number of benzene rings is 2. The molecule has 0 atom stereocenters. The van der Waals surface area contributed by atoms with Crippen molar-refractivity contribution in [1.29, 1.82) is 0 Å². The molecule has 128 valence electrons. The van der Waals surface area contributed by atoms with Crippen LogP contribution in [0.15, 0.2) is 51.8 Å². The molecule has 0 spiro atoms. The molecule has 0 aliphatic heterocycles. The van der Waals surface area contributed by atoms with Gasteiger partial charge in [0.2, 0.25) is 0 Å². The topological polar surface area (TPSA) is 89.7 Å². The first-order chi connectivity index (χ1) is 11.3. The SMILES string of the molecule is CCOc1ccc(Br)cc1S(=O)(=O)N(C)c1ccccc1C(N)=O. The van der Waals surface area contributed by atoms with Crippen LogP contribution in [0.5, 0.6) is 5.75 Å². The molecule has 24 heavy (non-hydrogen) atoms. The Kier molecular flexibility index (Phi) is 5.51. The fraction of sp³-hybridized carbons (Fsp3) is 0.188. The lowest BCUT2D eigenvalue weighted by molar-refractivity contribution is 0.100. The third-order valence-electron chi connectivity index (χ3n) is 3.35. The Morgan fingerprint density at radius 1 is 1.25 bits per heavy atom. The van der Waals surface area contributed by atoms with Crippen molar-refractivity contribution in [3.63, 3.8) is 0 Å². The fourth-order valence-corrected chi connectivity index (χ4v) is 4.07. The molecule has 2 aromatic rings. The highest BCUT2D eigenvalue weighted by Gasteiger charge is 2.28. The van der Waals surface area contributed by atoms with Gasteiger partial charge in [0, 0.05) is 11.5 Å². The van der Waals surface area contributed by atoms with Crippen molar-refractivity contribution in [3.8, 4) is 5.75 Å². The lowest BCUT2D eigenvalue weighted by atomic mass is 10.2. The predicted molar refractivity (Wildman–Crippen MR) is 95.9 cm³/mol. The molecule has 0 bridgehead atoms. The van der Waals surface area contributed by atoms with Crippen LogP contribution in [0.1, 0.15) is 17.3 Å². The van der Waals surface area contributed by atoms with E-state index in [0.29, 0.717) is 11.1 Å². The van der Waals surface area contributed by atoms with Crippen molar-refractivity contribution >= 4 is 37.5 Å². The summed E-state index contributed by atoms with van der Waals surface area (Å²) in [4.78, 5) is 11.6. The van der Waals surface area contributed by atoms with E-state index >= 15 is 0 Å². The van der Waals surface area contributed by atoms with E-state index in [9.17, 15) is 13.2 Å². The summed E-state index contributed by atoms with van der Waals surface area (Å²) in [6.45, 7) is 2.09.